The van der Waals surface area contributed by atoms with Gasteiger partial charge in [-0.3, -0.25) is 4.79 Å². The molecule has 1 aliphatic heterocycles. The van der Waals surface area contributed by atoms with Crippen molar-refractivity contribution >= 4 is 5.91 Å². The number of likely N-dealkylation sites (tertiary alicyclic amines) is 1. The predicted octanol–water partition coefficient (Wildman–Crippen LogP) is 1.94. The molecule has 20 heavy (non-hydrogen) atoms. The lowest BCUT2D eigenvalue weighted by Crippen LogP contribution is -2.50. The van der Waals surface area contributed by atoms with Crippen LogP contribution in [0, 0.1) is 11.8 Å². The Balaban J connectivity index is 2.40. The maximum Gasteiger partial charge on any atom is 0.239 e. The fourth-order valence-corrected chi connectivity index (χ4v) is 2.89. The normalized spacial score (nSPS) is 20.2. The first-order valence-electron chi connectivity index (χ1n) is 8.30. The minimum absolute atomic E-state index is 0.153. The molecule has 0 aromatic rings. The second kappa shape index (κ2) is 8.63. The molecule has 2 atom stereocenters. The Morgan fingerprint density at radius 2 is 1.80 bits per heavy atom. The molecule has 0 unspecified atom stereocenters. The van der Waals surface area contributed by atoms with E-state index >= 15 is 0 Å². The lowest BCUT2D eigenvalue weighted by Gasteiger charge is -2.36. The Kier molecular flexibility index (Phi) is 7.52. The summed E-state index contributed by atoms with van der Waals surface area (Å²) in [5.74, 6) is 1.16. The number of piperidine rings is 1. The molecule has 1 heterocycles. The summed E-state index contributed by atoms with van der Waals surface area (Å²) in [4.78, 5) is 16.8. The van der Waals surface area contributed by atoms with Crippen LogP contribution in [0.1, 0.15) is 47.0 Å². The summed E-state index contributed by atoms with van der Waals surface area (Å²) in [7, 11) is 0. The van der Waals surface area contributed by atoms with Gasteiger partial charge in [0.15, 0.2) is 0 Å². The van der Waals surface area contributed by atoms with E-state index in [2.05, 4.69) is 32.6 Å². The van der Waals surface area contributed by atoms with Gasteiger partial charge < -0.3 is 15.5 Å². The highest BCUT2D eigenvalue weighted by atomic mass is 16.2. The second-order valence-corrected chi connectivity index (χ2v) is 6.17. The standard InChI is InChI=1S/C16H33N3O/c1-5-13(4)15(17)16(20)19-10-8-14(9-11-19)12-18(6-2)7-3/h13-15H,5-12,17H2,1-4H3/t13-,15-/m0/s1. The van der Waals surface area contributed by atoms with Gasteiger partial charge in [-0.2, -0.15) is 0 Å². The van der Waals surface area contributed by atoms with Gasteiger partial charge in [0.2, 0.25) is 5.91 Å². The molecule has 1 aliphatic rings. The molecule has 2 N–H and O–H groups in total. The third-order valence-corrected chi connectivity index (χ3v) is 4.88. The zero-order valence-electron chi connectivity index (χ0n) is 13.8. The number of hydrogen-bond donors (Lipinski definition) is 1. The molecule has 0 bridgehead atoms. The van der Waals surface area contributed by atoms with Crippen LogP contribution in [0.3, 0.4) is 0 Å². The van der Waals surface area contributed by atoms with Crippen LogP contribution in [0.15, 0.2) is 0 Å². The monoisotopic (exact) mass is 283 g/mol. The first-order chi connectivity index (χ1) is 9.53. The lowest BCUT2D eigenvalue weighted by atomic mass is 9.93. The smallest absolute Gasteiger partial charge is 0.239 e. The molecule has 0 saturated carbocycles. The van der Waals surface area contributed by atoms with Crippen LogP contribution in [0.2, 0.25) is 0 Å². The Labute approximate surface area is 124 Å². The van der Waals surface area contributed by atoms with Gasteiger partial charge in [0.05, 0.1) is 6.04 Å². The van der Waals surface area contributed by atoms with Crippen LogP contribution in [-0.2, 0) is 4.79 Å². The number of carbonyl (C=O) groups excluding carboxylic acids is 1. The summed E-state index contributed by atoms with van der Waals surface area (Å²) in [6.07, 6.45) is 3.20. The second-order valence-electron chi connectivity index (χ2n) is 6.17. The van der Waals surface area contributed by atoms with Crippen molar-refractivity contribution in [1.82, 2.24) is 9.80 Å². The summed E-state index contributed by atoms with van der Waals surface area (Å²) in [5.41, 5.74) is 6.06. The summed E-state index contributed by atoms with van der Waals surface area (Å²) in [6, 6.07) is -0.320. The summed E-state index contributed by atoms with van der Waals surface area (Å²) in [6.45, 7) is 13.8. The van der Waals surface area contributed by atoms with E-state index in [4.69, 9.17) is 5.73 Å². The minimum Gasteiger partial charge on any atom is -0.341 e. The first-order valence-corrected chi connectivity index (χ1v) is 8.30. The van der Waals surface area contributed by atoms with Crippen molar-refractivity contribution < 1.29 is 4.79 Å². The lowest BCUT2D eigenvalue weighted by molar-refractivity contribution is -0.135. The topological polar surface area (TPSA) is 49.6 Å². The van der Waals surface area contributed by atoms with E-state index in [1.54, 1.807) is 0 Å². The van der Waals surface area contributed by atoms with Gasteiger partial charge in [0.25, 0.3) is 0 Å². The fraction of sp³-hybridized carbons (Fsp3) is 0.938. The van der Waals surface area contributed by atoms with E-state index in [9.17, 15) is 4.79 Å². The maximum absolute atomic E-state index is 12.3. The van der Waals surface area contributed by atoms with E-state index in [-0.39, 0.29) is 17.9 Å². The van der Waals surface area contributed by atoms with Crippen LogP contribution in [-0.4, -0.2) is 54.5 Å². The van der Waals surface area contributed by atoms with E-state index in [0.717, 1.165) is 51.4 Å². The van der Waals surface area contributed by atoms with Gasteiger partial charge in [-0.05, 0) is 37.8 Å². The fourth-order valence-electron chi connectivity index (χ4n) is 2.89. The predicted molar refractivity (Wildman–Crippen MR) is 84.5 cm³/mol. The van der Waals surface area contributed by atoms with Crippen LogP contribution in [0.4, 0.5) is 0 Å². The van der Waals surface area contributed by atoms with Gasteiger partial charge in [0, 0.05) is 19.6 Å². The van der Waals surface area contributed by atoms with E-state index < -0.39 is 0 Å². The molecule has 4 heteroatoms. The molecule has 0 aromatic heterocycles. The van der Waals surface area contributed by atoms with Gasteiger partial charge in [0.1, 0.15) is 0 Å². The number of amides is 1. The number of nitrogens with zero attached hydrogens (tertiary/aromatic N) is 2. The molecule has 118 valence electrons. The van der Waals surface area contributed by atoms with Crippen molar-refractivity contribution in [2.24, 2.45) is 17.6 Å². The van der Waals surface area contributed by atoms with Crippen molar-refractivity contribution in [3.8, 4) is 0 Å². The van der Waals surface area contributed by atoms with Crippen molar-refractivity contribution in [3.63, 3.8) is 0 Å². The summed E-state index contributed by atoms with van der Waals surface area (Å²) < 4.78 is 0. The minimum atomic E-state index is -0.320. The third kappa shape index (κ3) is 4.74. The van der Waals surface area contributed by atoms with Crippen molar-refractivity contribution in [2.75, 3.05) is 32.7 Å². The van der Waals surface area contributed by atoms with Gasteiger partial charge >= 0.3 is 0 Å². The van der Waals surface area contributed by atoms with Gasteiger partial charge in [-0.1, -0.05) is 34.1 Å². The van der Waals surface area contributed by atoms with Crippen LogP contribution < -0.4 is 5.73 Å². The van der Waals surface area contributed by atoms with Crippen LogP contribution in [0.5, 0.6) is 0 Å². The SMILES string of the molecule is CC[C@H](C)[C@H](N)C(=O)N1CCC(CN(CC)CC)CC1. The molecule has 1 saturated heterocycles. The number of rotatable bonds is 7. The molecule has 4 nitrogen and oxygen atoms in total. The van der Waals surface area contributed by atoms with E-state index in [0.29, 0.717) is 0 Å². The highest BCUT2D eigenvalue weighted by Crippen LogP contribution is 2.20. The molecule has 0 spiro atoms. The molecular formula is C16H33N3O. The quantitative estimate of drug-likeness (QED) is 0.777. The van der Waals surface area contributed by atoms with Crippen molar-refractivity contribution in [1.29, 1.82) is 0 Å². The maximum atomic E-state index is 12.3. The van der Waals surface area contributed by atoms with Gasteiger partial charge in [-0.15, -0.1) is 0 Å². The van der Waals surface area contributed by atoms with Crippen LogP contribution >= 0.6 is 0 Å². The molecule has 0 aliphatic carbocycles. The number of hydrogen-bond acceptors (Lipinski definition) is 3. The Bertz CT molecular complexity index is 283. The number of carbonyl (C=O) groups is 1. The van der Waals surface area contributed by atoms with E-state index in [1.165, 1.54) is 6.54 Å². The Morgan fingerprint density at radius 3 is 2.25 bits per heavy atom. The van der Waals surface area contributed by atoms with Gasteiger partial charge in [-0.25, -0.2) is 0 Å². The largest absolute Gasteiger partial charge is 0.341 e. The van der Waals surface area contributed by atoms with Crippen molar-refractivity contribution in [3.05, 3.63) is 0 Å². The molecule has 0 radical (unpaired) electrons. The summed E-state index contributed by atoms with van der Waals surface area (Å²) in [5, 5.41) is 0. The highest BCUT2D eigenvalue weighted by molar-refractivity contribution is 5.82. The number of nitrogens with two attached hydrogens (primary N) is 1. The zero-order chi connectivity index (χ0) is 15.1. The molecule has 1 amide bonds. The molecule has 0 aromatic carbocycles. The Hall–Kier alpha value is -0.610. The summed E-state index contributed by atoms with van der Waals surface area (Å²) >= 11 is 0. The Morgan fingerprint density at radius 1 is 1.25 bits per heavy atom. The van der Waals surface area contributed by atoms with E-state index in [1.807, 2.05) is 4.90 Å². The molecular weight excluding hydrogens is 250 g/mol. The molecule has 1 fully saturated rings. The van der Waals surface area contributed by atoms with Crippen molar-refractivity contribution in [2.45, 2.75) is 53.0 Å². The highest BCUT2D eigenvalue weighted by Gasteiger charge is 2.28. The molecule has 1 rings (SSSR count). The third-order valence-electron chi connectivity index (χ3n) is 4.88. The zero-order valence-corrected chi connectivity index (χ0v) is 13.8. The average Bonchev–Trinajstić information content (AvgIpc) is 2.50. The van der Waals surface area contributed by atoms with Crippen LogP contribution in [0.25, 0.3) is 0 Å². The first kappa shape index (κ1) is 17.4. The average molecular weight is 283 g/mol.